The first kappa shape index (κ1) is 15.8. The number of hydrogen-bond donors (Lipinski definition) is 2. The van der Waals surface area contributed by atoms with Gasteiger partial charge in [-0.3, -0.25) is 4.79 Å². The molecule has 1 aromatic heterocycles. The monoisotopic (exact) mass is 349 g/mol. The molecule has 0 saturated carbocycles. The highest BCUT2D eigenvalue weighted by molar-refractivity contribution is 7.15. The number of aromatic nitrogens is 1. The first-order chi connectivity index (χ1) is 11.1. The summed E-state index contributed by atoms with van der Waals surface area (Å²) in [7, 11) is 0. The molecule has 1 aliphatic heterocycles. The Labute approximate surface area is 143 Å². The summed E-state index contributed by atoms with van der Waals surface area (Å²) in [5.74, 6) is 0.473. The maximum Gasteiger partial charge on any atom is 0.221 e. The molecule has 23 heavy (non-hydrogen) atoms. The van der Waals surface area contributed by atoms with E-state index in [2.05, 4.69) is 16.9 Å². The summed E-state index contributed by atoms with van der Waals surface area (Å²) in [5, 5.41) is 3.94. The molecule has 1 amide bonds. The molecule has 3 rings (SSSR count). The number of nitrogen functional groups attached to an aromatic ring is 1. The molecule has 0 radical (unpaired) electrons. The number of nitrogens with one attached hydrogen (secondary N) is 1. The Morgan fingerprint density at radius 1 is 1.57 bits per heavy atom. The quantitative estimate of drug-likeness (QED) is 0.831. The maximum absolute atomic E-state index is 12.1. The number of nitrogens with two attached hydrogens (primary N) is 1. The van der Waals surface area contributed by atoms with Crippen LogP contribution in [-0.2, 0) is 11.3 Å². The second-order valence-corrected chi connectivity index (χ2v) is 6.68. The standard InChI is InChI=1S/C16H16ClN3O2S/c1-2-5-22-13-4-3-9(17)6-10(13)11-7-14(21)19-8-12-15(11)23-16(18)20-12/h2-4,6,11H,1,5,7-8H2,(H2,18,20)(H,19,21). The van der Waals surface area contributed by atoms with Crippen molar-refractivity contribution in [3.05, 3.63) is 52.0 Å². The van der Waals surface area contributed by atoms with Crippen molar-refractivity contribution in [2.75, 3.05) is 12.3 Å². The molecule has 1 atom stereocenters. The highest BCUT2D eigenvalue weighted by Gasteiger charge is 2.29. The van der Waals surface area contributed by atoms with Crippen LogP contribution < -0.4 is 15.8 Å². The Morgan fingerprint density at radius 2 is 2.39 bits per heavy atom. The van der Waals surface area contributed by atoms with Crippen molar-refractivity contribution < 1.29 is 9.53 Å². The van der Waals surface area contributed by atoms with Crippen LogP contribution in [0.3, 0.4) is 0 Å². The van der Waals surface area contributed by atoms with E-state index in [1.807, 2.05) is 12.1 Å². The van der Waals surface area contributed by atoms with E-state index < -0.39 is 0 Å². The number of nitrogens with zero attached hydrogens (tertiary/aromatic N) is 1. The lowest BCUT2D eigenvalue weighted by Crippen LogP contribution is -2.21. The Hall–Kier alpha value is -2.05. The van der Waals surface area contributed by atoms with Gasteiger partial charge in [0.25, 0.3) is 0 Å². The summed E-state index contributed by atoms with van der Waals surface area (Å²) in [6, 6.07) is 5.42. The number of ether oxygens (including phenoxy) is 1. The van der Waals surface area contributed by atoms with Crippen LogP contribution in [0.25, 0.3) is 0 Å². The van der Waals surface area contributed by atoms with Crippen LogP contribution in [0.5, 0.6) is 5.75 Å². The van der Waals surface area contributed by atoms with E-state index in [4.69, 9.17) is 22.1 Å². The van der Waals surface area contributed by atoms with Gasteiger partial charge < -0.3 is 15.8 Å². The van der Waals surface area contributed by atoms with Crippen molar-refractivity contribution in [3.63, 3.8) is 0 Å². The van der Waals surface area contributed by atoms with E-state index in [-0.39, 0.29) is 11.8 Å². The fourth-order valence-electron chi connectivity index (χ4n) is 2.64. The van der Waals surface area contributed by atoms with Crippen molar-refractivity contribution in [2.45, 2.75) is 18.9 Å². The fourth-order valence-corrected chi connectivity index (χ4v) is 3.79. The summed E-state index contributed by atoms with van der Waals surface area (Å²) in [4.78, 5) is 17.4. The van der Waals surface area contributed by atoms with Gasteiger partial charge >= 0.3 is 0 Å². The average molecular weight is 350 g/mol. The average Bonchev–Trinajstić information content (AvgIpc) is 2.83. The third-order valence-electron chi connectivity index (χ3n) is 3.61. The van der Waals surface area contributed by atoms with E-state index in [9.17, 15) is 4.79 Å². The Bertz CT molecular complexity index is 760. The minimum absolute atomic E-state index is 0.0339. The van der Waals surface area contributed by atoms with Crippen LogP contribution in [0, 0.1) is 0 Å². The van der Waals surface area contributed by atoms with E-state index in [0.29, 0.717) is 35.5 Å². The smallest absolute Gasteiger partial charge is 0.221 e. The van der Waals surface area contributed by atoms with E-state index in [0.717, 1.165) is 16.1 Å². The highest BCUT2D eigenvalue weighted by atomic mass is 35.5. The van der Waals surface area contributed by atoms with Gasteiger partial charge in [0.15, 0.2) is 5.13 Å². The molecule has 1 unspecified atom stereocenters. The van der Waals surface area contributed by atoms with Crippen LogP contribution in [-0.4, -0.2) is 17.5 Å². The number of amides is 1. The Balaban J connectivity index is 2.09. The van der Waals surface area contributed by atoms with Crippen molar-refractivity contribution in [2.24, 2.45) is 0 Å². The largest absolute Gasteiger partial charge is 0.489 e. The molecule has 7 heteroatoms. The lowest BCUT2D eigenvalue weighted by atomic mass is 9.92. The Kier molecular flexibility index (Phi) is 4.54. The van der Waals surface area contributed by atoms with E-state index >= 15 is 0 Å². The molecule has 0 fully saturated rings. The second kappa shape index (κ2) is 6.60. The van der Waals surface area contributed by atoms with Gasteiger partial charge in [0.05, 0.1) is 12.2 Å². The molecule has 5 nitrogen and oxygen atoms in total. The summed E-state index contributed by atoms with van der Waals surface area (Å²) in [6.45, 7) is 4.43. The Morgan fingerprint density at radius 3 is 3.17 bits per heavy atom. The van der Waals surface area contributed by atoms with Crippen molar-refractivity contribution in [1.82, 2.24) is 10.3 Å². The number of anilines is 1. The predicted octanol–water partition coefficient (Wildman–Crippen LogP) is 3.10. The number of rotatable bonds is 4. The first-order valence-corrected chi connectivity index (χ1v) is 8.33. The number of carbonyl (C=O) groups excluding carboxylic acids is 1. The number of thiazole rings is 1. The third kappa shape index (κ3) is 3.33. The minimum Gasteiger partial charge on any atom is -0.489 e. The zero-order valence-corrected chi connectivity index (χ0v) is 13.9. The molecule has 2 heterocycles. The lowest BCUT2D eigenvalue weighted by molar-refractivity contribution is -0.121. The number of carbonyl (C=O) groups is 1. The molecular formula is C16H16ClN3O2S. The molecule has 0 bridgehead atoms. The van der Waals surface area contributed by atoms with Crippen LogP contribution in [0.2, 0.25) is 5.02 Å². The van der Waals surface area contributed by atoms with Crippen molar-refractivity contribution in [1.29, 1.82) is 0 Å². The summed E-state index contributed by atoms with van der Waals surface area (Å²) < 4.78 is 5.74. The highest BCUT2D eigenvalue weighted by Crippen LogP contribution is 2.41. The first-order valence-electron chi connectivity index (χ1n) is 7.13. The molecule has 1 aliphatic rings. The van der Waals surface area contributed by atoms with Crippen LogP contribution in [0.15, 0.2) is 30.9 Å². The molecule has 0 aliphatic carbocycles. The molecule has 0 spiro atoms. The van der Waals surface area contributed by atoms with Gasteiger partial charge in [-0.1, -0.05) is 24.3 Å². The molecule has 120 valence electrons. The normalized spacial score (nSPS) is 17.1. The molecule has 0 saturated heterocycles. The zero-order valence-electron chi connectivity index (χ0n) is 12.3. The molecular weight excluding hydrogens is 334 g/mol. The minimum atomic E-state index is -0.180. The third-order valence-corrected chi connectivity index (χ3v) is 4.88. The number of halogens is 1. The van der Waals surface area contributed by atoms with Crippen LogP contribution >= 0.6 is 22.9 Å². The summed E-state index contributed by atoms with van der Waals surface area (Å²) >= 11 is 7.57. The lowest BCUT2D eigenvalue weighted by Gasteiger charge is -2.18. The van der Waals surface area contributed by atoms with Crippen LogP contribution in [0.4, 0.5) is 5.13 Å². The molecule has 2 aromatic rings. The zero-order chi connectivity index (χ0) is 16.4. The number of hydrogen-bond acceptors (Lipinski definition) is 5. The number of benzene rings is 1. The summed E-state index contributed by atoms with van der Waals surface area (Å²) in [6.07, 6.45) is 1.98. The summed E-state index contributed by atoms with van der Waals surface area (Å²) in [5.41, 5.74) is 7.52. The van der Waals surface area contributed by atoms with Gasteiger partial charge in [-0.05, 0) is 18.2 Å². The SMILES string of the molecule is C=CCOc1ccc(Cl)cc1C1CC(=O)NCc2nc(N)sc21. The van der Waals surface area contributed by atoms with Crippen LogP contribution in [0.1, 0.15) is 28.5 Å². The topological polar surface area (TPSA) is 77.2 Å². The molecule has 3 N–H and O–H groups in total. The van der Waals surface area contributed by atoms with Gasteiger partial charge in [-0.25, -0.2) is 4.98 Å². The van der Waals surface area contributed by atoms with Gasteiger partial charge in [-0.15, -0.1) is 11.3 Å². The van der Waals surface area contributed by atoms with E-state index in [1.165, 1.54) is 11.3 Å². The number of fused-ring (bicyclic) bond motifs is 1. The van der Waals surface area contributed by atoms with Gasteiger partial charge in [0.2, 0.25) is 5.91 Å². The fraction of sp³-hybridized carbons (Fsp3) is 0.250. The molecule has 1 aromatic carbocycles. The van der Waals surface area contributed by atoms with E-state index in [1.54, 1.807) is 12.1 Å². The van der Waals surface area contributed by atoms with Crippen molar-refractivity contribution in [3.8, 4) is 5.75 Å². The maximum atomic E-state index is 12.1. The van der Waals surface area contributed by atoms with Gasteiger partial charge in [0, 0.05) is 27.8 Å². The van der Waals surface area contributed by atoms with Gasteiger partial charge in [-0.2, -0.15) is 0 Å². The van der Waals surface area contributed by atoms with Crippen molar-refractivity contribution >= 4 is 34.0 Å². The van der Waals surface area contributed by atoms with Gasteiger partial charge in [0.1, 0.15) is 12.4 Å². The predicted molar refractivity (Wildman–Crippen MR) is 92.0 cm³/mol. The second-order valence-electron chi connectivity index (χ2n) is 5.18.